The van der Waals surface area contributed by atoms with Crippen molar-refractivity contribution in [2.24, 2.45) is 7.05 Å². The number of rotatable bonds is 8. The second-order valence-corrected chi connectivity index (χ2v) is 20.1. The van der Waals surface area contributed by atoms with E-state index in [2.05, 4.69) is 94.0 Å². The SMILES string of the molecule is CCC(CC)c1ccc(C)c(-c2c[c]([Ge]([CH3])([CH3])[CH3])c(C(CC)CC)c[n+]2C)c1. The summed E-state index contributed by atoms with van der Waals surface area (Å²) in [5, 5.41) is 0. The van der Waals surface area contributed by atoms with Crippen LogP contribution in [0.4, 0.5) is 0 Å². The van der Waals surface area contributed by atoms with Crippen LogP contribution in [0.15, 0.2) is 30.5 Å². The average molecular weight is 441 g/mol. The summed E-state index contributed by atoms with van der Waals surface area (Å²) in [4.78, 5) is 0. The van der Waals surface area contributed by atoms with Gasteiger partial charge in [-0.25, -0.2) is 0 Å². The zero-order valence-corrected chi connectivity index (χ0v) is 21.9. The minimum absolute atomic E-state index is 0.660. The molecule has 2 heteroatoms. The van der Waals surface area contributed by atoms with Crippen LogP contribution in [0, 0.1) is 6.92 Å². The van der Waals surface area contributed by atoms with Gasteiger partial charge in [-0.2, -0.15) is 0 Å². The van der Waals surface area contributed by atoms with Gasteiger partial charge in [-0.3, -0.25) is 0 Å². The van der Waals surface area contributed by atoms with E-state index >= 15 is 0 Å². The Hall–Kier alpha value is -1.09. The van der Waals surface area contributed by atoms with E-state index in [0.29, 0.717) is 11.8 Å². The van der Waals surface area contributed by atoms with Crippen LogP contribution in [0.3, 0.4) is 0 Å². The Kier molecular flexibility index (Phi) is 7.96. The first-order valence-electron chi connectivity index (χ1n) is 11.3. The molecule has 2 rings (SSSR count). The maximum atomic E-state index is 2.56. The van der Waals surface area contributed by atoms with Crippen molar-refractivity contribution >= 4 is 17.7 Å². The Bertz CT molecular complexity index is 793. The number of nitrogens with zero attached hydrogens (tertiary/aromatic N) is 1. The van der Waals surface area contributed by atoms with E-state index in [0.717, 1.165) is 0 Å². The topological polar surface area (TPSA) is 3.88 Å². The van der Waals surface area contributed by atoms with Crippen LogP contribution in [0.2, 0.25) is 17.3 Å². The van der Waals surface area contributed by atoms with Gasteiger partial charge in [-0.1, -0.05) is 0 Å². The van der Waals surface area contributed by atoms with Gasteiger partial charge in [-0.05, 0) is 0 Å². The summed E-state index contributed by atoms with van der Waals surface area (Å²) < 4.78 is 4.08. The van der Waals surface area contributed by atoms with Gasteiger partial charge in [-0.15, -0.1) is 0 Å². The number of aryl methyl sites for hydroxylation is 2. The molecule has 0 aliphatic carbocycles. The van der Waals surface area contributed by atoms with Crippen molar-refractivity contribution in [1.29, 1.82) is 0 Å². The molecule has 0 spiro atoms. The average Bonchev–Trinajstić information content (AvgIpc) is 2.64. The van der Waals surface area contributed by atoms with Gasteiger partial charge in [0.25, 0.3) is 0 Å². The van der Waals surface area contributed by atoms with Crippen molar-refractivity contribution in [3.8, 4) is 11.3 Å². The fraction of sp³-hybridized carbons (Fsp3) is 0.577. The number of hydrogen-bond donors (Lipinski definition) is 0. The van der Waals surface area contributed by atoms with E-state index in [9.17, 15) is 0 Å². The van der Waals surface area contributed by atoms with E-state index in [4.69, 9.17) is 0 Å². The number of benzene rings is 1. The fourth-order valence-corrected chi connectivity index (χ4v) is 8.15. The van der Waals surface area contributed by atoms with E-state index in [1.54, 1.807) is 9.96 Å². The summed E-state index contributed by atoms with van der Waals surface area (Å²) in [6.07, 6.45) is 7.33. The Labute approximate surface area is 176 Å². The quantitative estimate of drug-likeness (QED) is 0.312. The Morgan fingerprint density at radius 2 is 1.43 bits per heavy atom. The van der Waals surface area contributed by atoms with E-state index in [-0.39, 0.29) is 0 Å². The Balaban J connectivity index is 2.72. The molecule has 0 amide bonds. The van der Waals surface area contributed by atoms with E-state index in [1.165, 1.54) is 48.1 Å². The number of hydrogen-bond acceptors (Lipinski definition) is 0. The van der Waals surface area contributed by atoms with Crippen molar-refractivity contribution in [3.63, 3.8) is 0 Å². The molecule has 0 saturated heterocycles. The monoisotopic (exact) mass is 442 g/mol. The molecule has 0 aliphatic heterocycles. The third kappa shape index (κ3) is 4.90. The van der Waals surface area contributed by atoms with Gasteiger partial charge in [0.1, 0.15) is 0 Å². The maximum absolute atomic E-state index is 2.56. The first-order valence-corrected chi connectivity index (χ1v) is 18.7. The molecule has 1 aromatic carbocycles. The molecule has 0 fully saturated rings. The third-order valence-electron chi connectivity index (χ3n) is 6.53. The van der Waals surface area contributed by atoms with Gasteiger partial charge in [0, 0.05) is 0 Å². The van der Waals surface area contributed by atoms with E-state index in [1.807, 2.05) is 0 Å². The molecule has 0 unspecified atom stereocenters. The molecule has 1 aromatic heterocycles. The van der Waals surface area contributed by atoms with Crippen molar-refractivity contribution in [2.75, 3.05) is 0 Å². The molecule has 2 aromatic rings. The van der Waals surface area contributed by atoms with Gasteiger partial charge in [0.15, 0.2) is 0 Å². The standard InChI is InChI=1S/C26H42GeN/c1-10-20(11-2)22-15-14-19(5)23(16-22)26-17-25(27(6,7)8)24(18-28(26)9)21(12-3)13-4/h14-18,20-21H,10-13H2,1-9H3/q+1. The van der Waals surface area contributed by atoms with Crippen LogP contribution in [0.5, 0.6) is 0 Å². The van der Waals surface area contributed by atoms with Gasteiger partial charge >= 0.3 is 177 Å². The molecule has 0 atom stereocenters. The molecule has 0 radical (unpaired) electrons. The Morgan fingerprint density at radius 3 is 1.93 bits per heavy atom. The fourth-order valence-electron chi connectivity index (χ4n) is 4.57. The normalized spacial score (nSPS) is 12.2. The Morgan fingerprint density at radius 1 is 0.857 bits per heavy atom. The van der Waals surface area contributed by atoms with Crippen LogP contribution in [0.1, 0.15) is 81.9 Å². The summed E-state index contributed by atoms with van der Waals surface area (Å²) in [5.74, 6) is 8.96. The van der Waals surface area contributed by atoms with Crippen molar-refractivity contribution < 1.29 is 4.57 Å². The summed E-state index contributed by atoms with van der Waals surface area (Å²) in [7, 11) is 2.24. The number of aromatic nitrogens is 1. The van der Waals surface area contributed by atoms with Crippen LogP contribution >= 0.6 is 0 Å². The van der Waals surface area contributed by atoms with Crippen LogP contribution < -0.4 is 8.96 Å². The summed E-state index contributed by atoms with van der Waals surface area (Å²) >= 11 is -1.99. The van der Waals surface area contributed by atoms with E-state index < -0.39 is 13.3 Å². The predicted molar refractivity (Wildman–Crippen MR) is 127 cm³/mol. The molecule has 0 aliphatic rings. The second kappa shape index (κ2) is 9.61. The predicted octanol–water partition coefficient (Wildman–Crippen LogP) is 6.84. The van der Waals surface area contributed by atoms with Gasteiger partial charge < -0.3 is 0 Å². The van der Waals surface area contributed by atoms with Crippen molar-refractivity contribution in [2.45, 2.75) is 89.4 Å². The summed E-state index contributed by atoms with van der Waals surface area (Å²) in [6.45, 7) is 11.6. The molecule has 0 N–H and O–H groups in total. The van der Waals surface area contributed by atoms with Gasteiger partial charge in [0.2, 0.25) is 0 Å². The van der Waals surface area contributed by atoms with Crippen LogP contribution in [-0.4, -0.2) is 13.3 Å². The summed E-state index contributed by atoms with van der Waals surface area (Å²) in [5.41, 5.74) is 7.28. The summed E-state index contributed by atoms with van der Waals surface area (Å²) in [6, 6.07) is 9.71. The minimum atomic E-state index is -1.99. The first-order chi connectivity index (χ1) is 13.2. The molecule has 1 nitrogen and oxygen atoms in total. The molecule has 154 valence electrons. The molecular formula is C26H42GeN+. The van der Waals surface area contributed by atoms with Crippen molar-refractivity contribution in [3.05, 3.63) is 47.2 Å². The molecule has 28 heavy (non-hydrogen) atoms. The van der Waals surface area contributed by atoms with Crippen LogP contribution in [0.25, 0.3) is 11.3 Å². The first kappa shape index (κ1) is 23.2. The zero-order valence-electron chi connectivity index (χ0n) is 19.8. The molecular weight excluding hydrogens is 399 g/mol. The molecule has 0 saturated carbocycles. The third-order valence-corrected chi connectivity index (χ3v) is 10.8. The van der Waals surface area contributed by atoms with Crippen molar-refractivity contribution in [1.82, 2.24) is 0 Å². The second-order valence-electron chi connectivity index (χ2n) is 9.49. The molecule has 0 bridgehead atoms. The zero-order chi connectivity index (χ0) is 21.1. The number of pyridine rings is 1. The van der Waals surface area contributed by atoms with Gasteiger partial charge in [0.05, 0.1) is 0 Å². The van der Waals surface area contributed by atoms with Crippen LogP contribution in [-0.2, 0) is 7.05 Å². The molecule has 1 heterocycles.